The molecule has 1 aromatic rings. The van der Waals surface area contributed by atoms with Crippen LogP contribution < -0.4 is 10.5 Å². The molecule has 106 valence electrons. The zero-order valence-electron chi connectivity index (χ0n) is 11.3. The lowest BCUT2D eigenvalue weighted by molar-refractivity contribution is 0.569. The molecule has 4 N–H and O–H groups in total. The van der Waals surface area contributed by atoms with E-state index in [4.69, 9.17) is 11.1 Å². The van der Waals surface area contributed by atoms with E-state index in [0.29, 0.717) is 0 Å². The van der Waals surface area contributed by atoms with Crippen molar-refractivity contribution in [1.29, 1.82) is 5.41 Å². The van der Waals surface area contributed by atoms with Crippen molar-refractivity contribution in [3.05, 3.63) is 35.9 Å². The summed E-state index contributed by atoms with van der Waals surface area (Å²) in [6.45, 7) is 3.76. The molecule has 0 bridgehead atoms. The monoisotopic (exact) mass is 283 g/mol. The molecule has 0 spiro atoms. The van der Waals surface area contributed by atoms with Crippen LogP contribution >= 0.6 is 0 Å². The Morgan fingerprint density at radius 3 is 2.42 bits per heavy atom. The molecule has 2 unspecified atom stereocenters. The second-order valence-corrected chi connectivity index (χ2v) is 6.65. The highest BCUT2D eigenvalue weighted by Crippen LogP contribution is 2.16. The van der Waals surface area contributed by atoms with Gasteiger partial charge in [-0.3, -0.25) is 5.41 Å². The molecular weight excluding hydrogens is 262 g/mol. The molecular formula is C13H21N3O2S. The summed E-state index contributed by atoms with van der Waals surface area (Å²) in [6.07, 6.45) is 0. The summed E-state index contributed by atoms with van der Waals surface area (Å²) in [6, 6.07) is 9.52. The number of hydrogen-bond acceptors (Lipinski definition) is 3. The zero-order chi connectivity index (χ0) is 14.5. The first-order chi connectivity index (χ1) is 8.82. The summed E-state index contributed by atoms with van der Waals surface area (Å²) in [4.78, 5) is 0. The number of nitrogens with one attached hydrogen (secondary N) is 2. The van der Waals surface area contributed by atoms with Gasteiger partial charge in [-0.1, -0.05) is 44.2 Å². The van der Waals surface area contributed by atoms with Crippen molar-refractivity contribution in [3.8, 4) is 0 Å². The van der Waals surface area contributed by atoms with Crippen LogP contribution in [0.2, 0.25) is 0 Å². The second-order valence-electron chi connectivity index (χ2n) is 4.80. The lowest BCUT2D eigenvalue weighted by atomic mass is 10.0. The third kappa shape index (κ3) is 5.40. The van der Waals surface area contributed by atoms with E-state index < -0.39 is 10.0 Å². The van der Waals surface area contributed by atoms with Crippen LogP contribution in [0.5, 0.6) is 0 Å². The standard InChI is InChI=1S/C13H21N3O2S/c1-10(13(14)15)8-16-19(17,18)9-11(2)12-6-4-3-5-7-12/h3-7,10-11,16H,8-9H2,1-2H3,(H3,14,15). The third-order valence-electron chi connectivity index (χ3n) is 2.98. The number of nitrogens with two attached hydrogens (primary N) is 1. The van der Waals surface area contributed by atoms with E-state index in [9.17, 15) is 8.42 Å². The molecule has 1 aromatic carbocycles. The van der Waals surface area contributed by atoms with E-state index >= 15 is 0 Å². The first-order valence-corrected chi connectivity index (χ1v) is 7.83. The molecule has 5 nitrogen and oxygen atoms in total. The highest BCUT2D eigenvalue weighted by molar-refractivity contribution is 7.89. The van der Waals surface area contributed by atoms with E-state index in [2.05, 4.69) is 4.72 Å². The molecule has 19 heavy (non-hydrogen) atoms. The number of hydrogen-bond donors (Lipinski definition) is 3. The summed E-state index contributed by atoms with van der Waals surface area (Å²) in [5, 5.41) is 7.23. The van der Waals surface area contributed by atoms with Gasteiger partial charge in [-0.05, 0) is 11.5 Å². The fourth-order valence-corrected chi connectivity index (χ4v) is 3.10. The average molecular weight is 283 g/mol. The Morgan fingerprint density at radius 2 is 1.89 bits per heavy atom. The fraction of sp³-hybridized carbons (Fsp3) is 0.462. The molecule has 1 rings (SSSR count). The summed E-state index contributed by atoms with van der Waals surface area (Å²) < 4.78 is 26.3. The van der Waals surface area contributed by atoms with Crippen LogP contribution in [0.3, 0.4) is 0 Å². The van der Waals surface area contributed by atoms with Crippen LogP contribution in [-0.2, 0) is 10.0 Å². The molecule has 2 atom stereocenters. The van der Waals surface area contributed by atoms with Crippen LogP contribution in [0.25, 0.3) is 0 Å². The quantitative estimate of drug-likeness (QED) is 0.519. The molecule has 0 radical (unpaired) electrons. The van der Waals surface area contributed by atoms with Crippen LogP contribution in [0.1, 0.15) is 25.3 Å². The van der Waals surface area contributed by atoms with Gasteiger partial charge in [0.25, 0.3) is 0 Å². The summed E-state index contributed by atoms with van der Waals surface area (Å²) in [7, 11) is -3.36. The van der Waals surface area contributed by atoms with Crippen LogP contribution in [-0.4, -0.2) is 26.6 Å². The van der Waals surface area contributed by atoms with Gasteiger partial charge in [-0.2, -0.15) is 0 Å². The molecule has 0 aliphatic heterocycles. The predicted molar refractivity (Wildman–Crippen MR) is 77.7 cm³/mol. The van der Waals surface area contributed by atoms with Gasteiger partial charge in [0.15, 0.2) is 0 Å². The Hall–Kier alpha value is -1.40. The molecule has 0 aliphatic carbocycles. The predicted octanol–water partition coefficient (Wildman–Crippen LogP) is 1.28. The number of benzene rings is 1. The number of sulfonamides is 1. The zero-order valence-corrected chi connectivity index (χ0v) is 12.1. The third-order valence-corrected chi connectivity index (χ3v) is 4.52. The molecule has 0 aromatic heterocycles. The largest absolute Gasteiger partial charge is 0.387 e. The Morgan fingerprint density at radius 1 is 1.32 bits per heavy atom. The lowest BCUT2D eigenvalue weighted by Gasteiger charge is -2.15. The fourth-order valence-electron chi connectivity index (χ4n) is 1.63. The van der Waals surface area contributed by atoms with Crippen molar-refractivity contribution >= 4 is 15.9 Å². The minimum absolute atomic E-state index is 0.0150. The smallest absolute Gasteiger partial charge is 0.212 e. The maximum absolute atomic E-state index is 11.9. The van der Waals surface area contributed by atoms with Gasteiger partial charge in [0.2, 0.25) is 10.0 Å². The molecule has 0 amide bonds. The summed E-state index contributed by atoms with van der Waals surface area (Å²) in [5.74, 6) is -0.353. The average Bonchev–Trinajstić information content (AvgIpc) is 2.36. The molecule has 0 heterocycles. The molecule has 0 saturated carbocycles. The van der Waals surface area contributed by atoms with Crippen molar-refractivity contribution < 1.29 is 8.42 Å². The van der Waals surface area contributed by atoms with E-state index in [0.717, 1.165) is 5.56 Å². The molecule has 0 aliphatic rings. The Labute approximate surface area is 114 Å². The van der Waals surface area contributed by atoms with Gasteiger partial charge < -0.3 is 5.73 Å². The van der Waals surface area contributed by atoms with E-state index in [1.807, 2.05) is 37.3 Å². The van der Waals surface area contributed by atoms with Gasteiger partial charge in [-0.25, -0.2) is 13.1 Å². The van der Waals surface area contributed by atoms with Gasteiger partial charge >= 0.3 is 0 Å². The van der Waals surface area contributed by atoms with Crippen molar-refractivity contribution in [1.82, 2.24) is 4.72 Å². The first-order valence-electron chi connectivity index (χ1n) is 6.18. The summed E-state index contributed by atoms with van der Waals surface area (Å²) >= 11 is 0. The van der Waals surface area contributed by atoms with E-state index in [1.165, 1.54) is 0 Å². The Bertz CT molecular complexity index is 514. The highest BCUT2D eigenvalue weighted by Gasteiger charge is 2.18. The Kier molecular flexibility index (Phi) is 5.50. The van der Waals surface area contributed by atoms with Crippen molar-refractivity contribution in [3.63, 3.8) is 0 Å². The number of amidine groups is 1. The van der Waals surface area contributed by atoms with Gasteiger partial charge in [0.1, 0.15) is 0 Å². The van der Waals surface area contributed by atoms with Crippen molar-refractivity contribution in [2.45, 2.75) is 19.8 Å². The van der Waals surface area contributed by atoms with E-state index in [-0.39, 0.29) is 30.0 Å². The normalized spacial score (nSPS) is 14.8. The van der Waals surface area contributed by atoms with Crippen LogP contribution in [0.4, 0.5) is 0 Å². The number of rotatable bonds is 7. The molecule has 0 fully saturated rings. The Balaban J connectivity index is 2.58. The van der Waals surface area contributed by atoms with Crippen molar-refractivity contribution in [2.24, 2.45) is 11.7 Å². The summed E-state index contributed by atoms with van der Waals surface area (Å²) in [5.41, 5.74) is 6.30. The second kappa shape index (κ2) is 6.68. The highest BCUT2D eigenvalue weighted by atomic mass is 32.2. The van der Waals surface area contributed by atoms with Gasteiger partial charge in [-0.15, -0.1) is 0 Å². The topological polar surface area (TPSA) is 96.0 Å². The maximum Gasteiger partial charge on any atom is 0.212 e. The SMILES string of the molecule is CC(CNS(=O)(=O)CC(C)c1ccccc1)C(=N)N. The lowest BCUT2D eigenvalue weighted by Crippen LogP contribution is -2.36. The first kappa shape index (κ1) is 15.7. The van der Waals surface area contributed by atoms with E-state index in [1.54, 1.807) is 6.92 Å². The van der Waals surface area contributed by atoms with Crippen LogP contribution in [0.15, 0.2) is 30.3 Å². The minimum atomic E-state index is -3.36. The van der Waals surface area contributed by atoms with Gasteiger partial charge in [0, 0.05) is 12.5 Å². The molecule has 6 heteroatoms. The van der Waals surface area contributed by atoms with Crippen molar-refractivity contribution in [2.75, 3.05) is 12.3 Å². The van der Waals surface area contributed by atoms with Gasteiger partial charge in [0.05, 0.1) is 11.6 Å². The van der Waals surface area contributed by atoms with Crippen LogP contribution in [0, 0.1) is 11.3 Å². The molecule has 0 saturated heterocycles. The maximum atomic E-state index is 11.9. The minimum Gasteiger partial charge on any atom is -0.387 e.